The third-order valence-electron chi connectivity index (χ3n) is 2.37. The number of ether oxygens (including phenoxy) is 3. The minimum Gasteiger partial charge on any atom is -0.465 e. The zero-order valence-electron chi connectivity index (χ0n) is 12.4. The molecular weight excluding hydrogens is 264 g/mol. The molecule has 0 rings (SSSR count). The SMILES string of the molecule is CCOC(=O)C(=CC(C(=O)OCC)C(=O)OCC)CC. The fourth-order valence-electron chi connectivity index (χ4n) is 1.45. The summed E-state index contributed by atoms with van der Waals surface area (Å²) in [5, 5.41) is 0. The third-order valence-corrected chi connectivity index (χ3v) is 2.37. The van der Waals surface area contributed by atoms with Crippen LogP contribution in [0, 0.1) is 5.92 Å². The maximum atomic E-state index is 11.8. The Kier molecular flexibility index (Phi) is 9.07. The van der Waals surface area contributed by atoms with Gasteiger partial charge < -0.3 is 14.2 Å². The Morgan fingerprint density at radius 3 is 1.65 bits per heavy atom. The number of carbonyl (C=O) groups is 3. The van der Waals surface area contributed by atoms with Crippen LogP contribution in [-0.2, 0) is 28.6 Å². The topological polar surface area (TPSA) is 78.9 Å². The van der Waals surface area contributed by atoms with Crippen LogP contribution >= 0.6 is 0 Å². The van der Waals surface area contributed by atoms with E-state index in [2.05, 4.69) is 0 Å². The molecule has 0 aliphatic carbocycles. The zero-order valence-corrected chi connectivity index (χ0v) is 12.4. The maximum absolute atomic E-state index is 11.8. The molecule has 0 heterocycles. The first-order chi connectivity index (χ1) is 9.51. The zero-order chi connectivity index (χ0) is 15.5. The van der Waals surface area contributed by atoms with Crippen molar-refractivity contribution in [3.8, 4) is 0 Å². The van der Waals surface area contributed by atoms with E-state index in [9.17, 15) is 14.4 Å². The maximum Gasteiger partial charge on any atom is 0.333 e. The van der Waals surface area contributed by atoms with Crippen LogP contribution < -0.4 is 0 Å². The summed E-state index contributed by atoms with van der Waals surface area (Å²) in [4.78, 5) is 35.2. The highest BCUT2D eigenvalue weighted by molar-refractivity contribution is 5.99. The van der Waals surface area contributed by atoms with Crippen molar-refractivity contribution < 1.29 is 28.6 Å². The molecule has 6 nitrogen and oxygen atoms in total. The fourth-order valence-corrected chi connectivity index (χ4v) is 1.45. The van der Waals surface area contributed by atoms with Crippen molar-refractivity contribution in [2.24, 2.45) is 5.92 Å². The van der Waals surface area contributed by atoms with Crippen LogP contribution in [0.1, 0.15) is 34.1 Å². The molecule has 0 aromatic heterocycles. The van der Waals surface area contributed by atoms with Crippen molar-refractivity contribution in [3.05, 3.63) is 11.6 Å². The van der Waals surface area contributed by atoms with Gasteiger partial charge >= 0.3 is 17.9 Å². The first kappa shape index (κ1) is 18.1. The van der Waals surface area contributed by atoms with Gasteiger partial charge in [-0.2, -0.15) is 0 Å². The monoisotopic (exact) mass is 286 g/mol. The summed E-state index contributed by atoms with van der Waals surface area (Å²) >= 11 is 0. The van der Waals surface area contributed by atoms with Crippen molar-refractivity contribution >= 4 is 17.9 Å². The fraction of sp³-hybridized carbons (Fsp3) is 0.643. The van der Waals surface area contributed by atoms with Crippen molar-refractivity contribution in [2.75, 3.05) is 19.8 Å². The van der Waals surface area contributed by atoms with Crippen molar-refractivity contribution in [2.45, 2.75) is 34.1 Å². The number of hydrogen-bond donors (Lipinski definition) is 0. The molecular formula is C14H22O6. The van der Waals surface area contributed by atoms with Crippen LogP contribution in [0.4, 0.5) is 0 Å². The Morgan fingerprint density at radius 1 is 0.850 bits per heavy atom. The molecule has 0 fully saturated rings. The molecule has 0 aliphatic heterocycles. The van der Waals surface area contributed by atoms with Gasteiger partial charge in [-0.25, -0.2) is 4.79 Å². The minimum atomic E-state index is -1.24. The van der Waals surface area contributed by atoms with E-state index in [1.54, 1.807) is 27.7 Å². The predicted octanol–water partition coefficient (Wildman–Crippen LogP) is 1.63. The average Bonchev–Trinajstić information content (AvgIpc) is 2.40. The molecule has 0 aromatic rings. The summed E-state index contributed by atoms with van der Waals surface area (Å²) in [6.45, 7) is 7.19. The van der Waals surface area contributed by atoms with Crippen LogP contribution in [0.25, 0.3) is 0 Å². The quantitative estimate of drug-likeness (QED) is 0.292. The lowest BCUT2D eigenvalue weighted by atomic mass is 10.0. The van der Waals surface area contributed by atoms with E-state index in [1.165, 1.54) is 6.08 Å². The molecule has 0 radical (unpaired) electrons. The Labute approximate surface area is 119 Å². The molecule has 0 amide bonds. The highest BCUT2D eigenvalue weighted by Gasteiger charge is 2.29. The predicted molar refractivity (Wildman–Crippen MR) is 71.8 cm³/mol. The second-order valence-corrected chi connectivity index (χ2v) is 3.75. The summed E-state index contributed by atoms with van der Waals surface area (Å²) < 4.78 is 14.5. The van der Waals surface area contributed by atoms with E-state index < -0.39 is 23.8 Å². The summed E-state index contributed by atoms with van der Waals surface area (Å²) in [7, 11) is 0. The summed E-state index contributed by atoms with van der Waals surface area (Å²) in [6.07, 6.45) is 1.60. The number of carbonyl (C=O) groups excluding carboxylic acids is 3. The summed E-state index contributed by atoms with van der Waals surface area (Å²) in [5.74, 6) is -3.26. The van der Waals surface area contributed by atoms with Crippen molar-refractivity contribution in [1.29, 1.82) is 0 Å². The molecule has 6 heteroatoms. The first-order valence-corrected chi connectivity index (χ1v) is 6.72. The van der Waals surface area contributed by atoms with Gasteiger partial charge in [-0.15, -0.1) is 0 Å². The van der Waals surface area contributed by atoms with Crippen molar-refractivity contribution in [1.82, 2.24) is 0 Å². The van der Waals surface area contributed by atoms with Crippen molar-refractivity contribution in [3.63, 3.8) is 0 Å². The minimum absolute atomic E-state index is 0.142. The smallest absolute Gasteiger partial charge is 0.333 e. The lowest BCUT2D eigenvalue weighted by molar-refractivity contribution is -0.158. The van der Waals surface area contributed by atoms with Crippen LogP contribution in [0.5, 0.6) is 0 Å². The highest BCUT2D eigenvalue weighted by Crippen LogP contribution is 2.13. The van der Waals surface area contributed by atoms with Gasteiger partial charge in [0.2, 0.25) is 0 Å². The standard InChI is InChI=1S/C14H22O6/c1-5-10(12(15)18-6-2)9-11(13(16)19-7-3)14(17)20-8-4/h9,11H,5-8H2,1-4H3. The number of esters is 3. The molecule has 0 bridgehead atoms. The summed E-state index contributed by atoms with van der Waals surface area (Å²) in [6, 6.07) is 0. The van der Waals surface area contributed by atoms with Crippen LogP contribution in [0.15, 0.2) is 11.6 Å². The molecule has 0 atom stereocenters. The highest BCUT2D eigenvalue weighted by atomic mass is 16.6. The summed E-state index contributed by atoms with van der Waals surface area (Å²) in [5.41, 5.74) is 0.248. The average molecular weight is 286 g/mol. The van der Waals surface area contributed by atoms with E-state index in [-0.39, 0.29) is 25.4 Å². The van der Waals surface area contributed by atoms with Gasteiger partial charge in [0.05, 0.1) is 19.8 Å². The van der Waals surface area contributed by atoms with Crippen LogP contribution in [0.3, 0.4) is 0 Å². The first-order valence-electron chi connectivity index (χ1n) is 6.72. The molecule has 0 spiro atoms. The Balaban J connectivity index is 5.23. The Bertz CT molecular complexity index is 354. The van der Waals surface area contributed by atoms with Gasteiger partial charge in [0, 0.05) is 5.57 Å². The molecule has 0 unspecified atom stereocenters. The van der Waals surface area contributed by atoms with Gasteiger partial charge in [-0.3, -0.25) is 9.59 Å². The molecule has 0 saturated carbocycles. The largest absolute Gasteiger partial charge is 0.465 e. The van der Waals surface area contributed by atoms with Crippen LogP contribution in [0.2, 0.25) is 0 Å². The molecule has 0 saturated heterocycles. The van der Waals surface area contributed by atoms with E-state index in [1.807, 2.05) is 0 Å². The normalized spacial score (nSPS) is 11.2. The van der Waals surface area contributed by atoms with Crippen LogP contribution in [-0.4, -0.2) is 37.7 Å². The van der Waals surface area contributed by atoms with Gasteiger partial charge in [0.15, 0.2) is 5.92 Å². The van der Waals surface area contributed by atoms with Gasteiger partial charge in [-0.1, -0.05) is 6.92 Å². The van der Waals surface area contributed by atoms with E-state index in [0.29, 0.717) is 6.42 Å². The Hall–Kier alpha value is -1.85. The lowest BCUT2D eigenvalue weighted by Crippen LogP contribution is -2.27. The molecule has 0 aliphatic rings. The number of rotatable bonds is 8. The third kappa shape index (κ3) is 5.86. The lowest BCUT2D eigenvalue weighted by Gasteiger charge is -2.12. The van der Waals surface area contributed by atoms with E-state index in [4.69, 9.17) is 14.2 Å². The van der Waals surface area contributed by atoms with Gasteiger partial charge in [0.25, 0.3) is 0 Å². The molecule has 114 valence electrons. The molecule has 0 N–H and O–H groups in total. The Morgan fingerprint density at radius 2 is 1.30 bits per heavy atom. The number of hydrogen-bond acceptors (Lipinski definition) is 6. The second kappa shape index (κ2) is 10.00. The van der Waals surface area contributed by atoms with E-state index in [0.717, 1.165) is 0 Å². The molecule has 20 heavy (non-hydrogen) atoms. The van der Waals surface area contributed by atoms with Gasteiger partial charge in [0.1, 0.15) is 0 Å². The van der Waals surface area contributed by atoms with E-state index >= 15 is 0 Å². The second-order valence-electron chi connectivity index (χ2n) is 3.75. The van der Waals surface area contributed by atoms with Gasteiger partial charge in [-0.05, 0) is 33.3 Å². The molecule has 0 aromatic carbocycles.